The Bertz CT molecular complexity index is 994. The number of Topliss-reactive ketones (excluding diaryl/α,β-unsaturated/α-hetero) is 1. The molecule has 1 fully saturated rings. The molecule has 1 aliphatic rings. The Morgan fingerprint density at radius 2 is 1.81 bits per heavy atom. The molecule has 0 radical (unpaired) electrons. The van der Waals surface area contributed by atoms with Gasteiger partial charge in [-0.1, -0.05) is 17.8 Å². The molecule has 2 aromatic heterocycles. The van der Waals surface area contributed by atoms with Crippen LogP contribution in [0.3, 0.4) is 0 Å². The zero-order chi connectivity index (χ0) is 19.1. The van der Waals surface area contributed by atoms with E-state index in [-0.39, 0.29) is 5.78 Å². The van der Waals surface area contributed by atoms with Gasteiger partial charge >= 0.3 is 0 Å². The number of carbonyl (C=O) groups excluding carboxylic acids is 1. The van der Waals surface area contributed by atoms with Gasteiger partial charge in [0.15, 0.2) is 5.78 Å². The van der Waals surface area contributed by atoms with Crippen LogP contribution in [0.2, 0.25) is 0 Å². The Balaban J connectivity index is 1.53. The van der Waals surface area contributed by atoms with Crippen LogP contribution in [0.1, 0.15) is 57.5 Å². The van der Waals surface area contributed by atoms with Gasteiger partial charge in [0.2, 0.25) is 5.89 Å². The van der Waals surface area contributed by atoms with E-state index < -0.39 is 0 Å². The molecule has 140 valence electrons. The molecule has 3 aromatic rings. The second-order valence-corrected chi connectivity index (χ2v) is 8.29. The molecule has 6 heteroatoms. The maximum atomic E-state index is 12.8. The van der Waals surface area contributed by atoms with Crippen LogP contribution >= 0.6 is 11.8 Å². The normalized spacial score (nSPS) is 13.9. The maximum Gasteiger partial charge on any atom is 0.277 e. The first-order chi connectivity index (χ1) is 12.9. The van der Waals surface area contributed by atoms with Crippen molar-refractivity contribution in [2.45, 2.75) is 51.7 Å². The molecule has 0 N–H and O–H groups in total. The zero-order valence-corrected chi connectivity index (χ0v) is 16.9. The number of aryl methyl sites for hydroxylation is 3. The highest BCUT2D eigenvalue weighted by Crippen LogP contribution is 2.39. The third-order valence-electron chi connectivity index (χ3n) is 4.87. The molecule has 2 heterocycles. The lowest BCUT2D eigenvalue weighted by atomic mass is 10.1. The van der Waals surface area contributed by atoms with Crippen LogP contribution in [0.4, 0.5) is 0 Å². The van der Waals surface area contributed by atoms with Gasteiger partial charge in [-0.25, -0.2) is 0 Å². The summed E-state index contributed by atoms with van der Waals surface area (Å²) in [6, 6.07) is 8.42. The largest absolute Gasteiger partial charge is 0.416 e. The molecule has 1 aromatic carbocycles. The minimum Gasteiger partial charge on any atom is -0.416 e. The highest BCUT2D eigenvalue weighted by atomic mass is 32.2. The molecule has 1 saturated carbocycles. The average Bonchev–Trinajstić information content (AvgIpc) is 3.27. The first-order valence-corrected chi connectivity index (χ1v) is 10.2. The third-order valence-corrected chi connectivity index (χ3v) is 5.69. The predicted octanol–water partition coefficient (Wildman–Crippen LogP) is 4.95. The smallest absolute Gasteiger partial charge is 0.277 e. The predicted molar refractivity (Wildman–Crippen MR) is 106 cm³/mol. The van der Waals surface area contributed by atoms with E-state index in [1.54, 1.807) is 0 Å². The van der Waals surface area contributed by atoms with Gasteiger partial charge in [-0.15, -0.1) is 10.2 Å². The summed E-state index contributed by atoms with van der Waals surface area (Å²) in [5, 5.41) is 8.59. The number of hydrogen-bond donors (Lipinski definition) is 0. The number of nitrogens with zero attached hydrogens (tertiary/aromatic N) is 3. The minimum absolute atomic E-state index is 0.0786. The fourth-order valence-electron chi connectivity index (χ4n) is 3.50. The van der Waals surface area contributed by atoms with Gasteiger partial charge in [0.05, 0.1) is 5.75 Å². The van der Waals surface area contributed by atoms with Crippen LogP contribution in [-0.2, 0) is 0 Å². The molecule has 0 aliphatic heterocycles. The van der Waals surface area contributed by atoms with Crippen molar-refractivity contribution in [2.24, 2.45) is 0 Å². The van der Waals surface area contributed by atoms with E-state index in [9.17, 15) is 4.79 Å². The summed E-state index contributed by atoms with van der Waals surface area (Å²) in [5.74, 6) is 1.51. The van der Waals surface area contributed by atoms with Gasteiger partial charge < -0.3 is 8.98 Å². The summed E-state index contributed by atoms with van der Waals surface area (Å²) < 4.78 is 7.78. The van der Waals surface area contributed by atoms with E-state index in [2.05, 4.69) is 46.8 Å². The van der Waals surface area contributed by atoms with Crippen molar-refractivity contribution in [1.82, 2.24) is 14.8 Å². The maximum absolute atomic E-state index is 12.8. The average molecular weight is 382 g/mol. The number of rotatable bonds is 6. The monoisotopic (exact) mass is 381 g/mol. The number of aromatic nitrogens is 3. The quantitative estimate of drug-likeness (QED) is 0.447. The van der Waals surface area contributed by atoms with Crippen LogP contribution < -0.4 is 0 Å². The summed E-state index contributed by atoms with van der Waals surface area (Å²) in [6.45, 7) is 8.22. The first kappa shape index (κ1) is 18.0. The van der Waals surface area contributed by atoms with Crippen molar-refractivity contribution in [3.63, 3.8) is 0 Å². The molecule has 27 heavy (non-hydrogen) atoms. The van der Waals surface area contributed by atoms with Crippen molar-refractivity contribution in [1.29, 1.82) is 0 Å². The van der Waals surface area contributed by atoms with Gasteiger partial charge in [-0.2, -0.15) is 0 Å². The van der Waals surface area contributed by atoms with E-state index >= 15 is 0 Å². The number of hydrogen-bond acceptors (Lipinski definition) is 5. The molecule has 0 bridgehead atoms. The number of thioether (sulfide) groups is 1. The Kier molecular flexibility index (Phi) is 4.68. The summed E-state index contributed by atoms with van der Waals surface area (Å²) in [4.78, 5) is 12.8. The standard InChI is InChI=1S/C21H23N3O2S/c1-12-7-13(2)9-17(8-12)24-14(3)10-18(15(24)4)19(25)11-27-21-23-22-20(26-21)16-5-6-16/h7-10,16H,5-6,11H2,1-4H3. The van der Waals surface area contributed by atoms with Crippen molar-refractivity contribution in [3.05, 3.63) is 58.2 Å². The first-order valence-electron chi connectivity index (χ1n) is 9.19. The van der Waals surface area contributed by atoms with Gasteiger partial charge in [0.25, 0.3) is 5.22 Å². The summed E-state index contributed by atoms with van der Waals surface area (Å²) in [6.07, 6.45) is 2.24. The molecular formula is C21H23N3O2S. The zero-order valence-electron chi connectivity index (χ0n) is 16.1. The number of benzene rings is 1. The fourth-order valence-corrected chi connectivity index (χ4v) is 4.15. The van der Waals surface area contributed by atoms with Crippen LogP contribution in [0, 0.1) is 27.7 Å². The second-order valence-electron chi connectivity index (χ2n) is 7.36. The molecule has 4 rings (SSSR count). The van der Waals surface area contributed by atoms with Gasteiger partial charge in [0.1, 0.15) is 0 Å². The SMILES string of the molecule is Cc1cc(C)cc(-n2c(C)cc(C(=O)CSc3nnc(C4CC4)o3)c2C)c1. The molecule has 1 aliphatic carbocycles. The van der Waals surface area contributed by atoms with E-state index in [1.165, 1.54) is 22.9 Å². The third kappa shape index (κ3) is 3.72. The van der Waals surface area contributed by atoms with Crippen molar-refractivity contribution in [3.8, 4) is 5.69 Å². The molecule has 0 saturated heterocycles. The summed E-state index contributed by atoms with van der Waals surface area (Å²) in [7, 11) is 0. The molecular weight excluding hydrogens is 358 g/mol. The molecule has 0 atom stereocenters. The molecule has 0 spiro atoms. The van der Waals surface area contributed by atoms with Gasteiger partial charge in [-0.3, -0.25) is 4.79 Å². The van der Waals surface area contributed by atoms with E-state index in [0.29, 0.717) is 22.8 Å². The van der Waals surface area contributed by atoms with Gasteiger partial charge in [-0.05, 0) is 69.9 Å². The van der Waals surface area contributed by atoms with Crippen LogP contribution in [0.5, 0.6) is 0 Å². The van der Waals surface area contributed by atoms with E-state index in [4.69, 9.17) is 4.42 Å². The Labute approximate surface area is 163 Å². The Hall–Kier alpha value is -2.34. The molecule has 5 nitrogen and oxygen atoms in total. The summed E-state index contributed by atoms with van der Waals surface area (Å²) in [5.41, 5.74) is 6.29. The highest BCUT2D eigenvalue weighted by Gasteiger charge is 2.29. The topological polar surface area (TPSA) is 60.9 Å². The van der Waals surface area contributed by atoms with E-state index in [0.717, 1.165) is 35.5 Å². The van der Waals surface area contributed by atoms with Crippen LogP contribution in [0.15, 0.2) is 33.9 Å². The molecule has 0 unspecified atom stereocenters. The lowest BCUT2D eigenvalue weighted by molar-refractivity contribution is 0.102. The number of ketones is 1. The lowest BCUT2D eigenvalue weighted by Gasteiger charge is -2.12. The second kappa shape index (κ2) is 7.00. The molecule has 0 amide bonds. The van der Waals surface area contributed by atoms with Crippen molar-refractivity contribution >= 4 is 17.5 Å². The van der Waals surface area contributed by atoms with E-state index in [1.807, 2.05) is 19.9 Å². The lowest BCUT2D eigenvalue weighted by Crippen LogP contribution is -2.06. The minimum atomic E-state index is 0.0786. The number of carbonyl (C=O) groups is 1. The fraction of sp³-hybridized carbons (Fsp3) is 0.381. The van der Waals surface area contributed by atoms with Gasteiger partial charge in [0, 0.05) is 28.6 Å². The Morgan fingerprint density at radius 1 is 1.11 bits per heavy atom. The van der Waals surface area contributed by atoms with Crippen molar-refractivity contribution < 1.29 is 9.21 Å². The van der Waals surface area contributed by atoms with Crippen LogP contribution in [-0.4, -0.2) is 26.3 Å². The van der Waals surface area contributed by atoms with Crippen molar-refractivity contribution in [2.75, 3.05) is 5.75 Å². The van der Waals surface area contributed by atoms with Crippen LogP contribution in [0.25, 0.3) is 5.69 Å². The Morgan fingerprint density at radius 3 is 2.48 bits per heavy atom. The highest BCUT2D eigenvalue weighted by molar-refractivity contribution is 7.99. The summed E-state index contributed by atoms with van der Waals surface area (Å²) >= 11 is 1.31.